The average Bonchev–Trinajstić information content (AvgIpc) is 2.99. The Bertz CT molecular complexity index is 658. The smallest absolute Gasteiger partial charge is 0.292 e. The van der Waals surface area contributed by atoms with E-state index in [4.69, 9.17) is 5.26 Å². The number of nitrogens with zero attached hydrogens (tertiary/aromatic N) is 4. The van der Waals surface area contributed by atoms with E-state index in [1.807, 2.05) is 4.90 Å². The first-order valence-electron chi connectivity index (χ1n) is 8.40. The molecule has 2 heterocycles. The number of anilines is 1. The van der Waals surface area contributed by atoms with Gasteiger partial charge in [0.15, 0.2) is 0 Å². The molecule has 2 atom stereocenters. The van der Waals surface area contributed by atoms with Crippen molar-refractivity contribution in [2.24, 2.45) is 5.92 Å². The lowest BCUT2D eigenvalue weighted by Gasteiger charge is -2.35. The normalized spacial score (nSPS) is 24.8. The Hall–Kier alpha value is -2.17. The van der Waals surface area contributed by atoms with Crippen LogP contribution in [-0.4, -0.2) is 53.8 Å². The number of likely N-dealkylation sites (tertiary alicyclic amines) is 1. The van der Waals surface area contributed by atoms with E-state index in [1.54, 1.807) is 6.07 Å². The Kier molecular flexibility index (Phi) is 4.97. The Balaban J connectivity index is 1.74. The molecule has 2 fully saturated rings. The number of nitro benzene ring substituents is 1. The highest BCUT2D eigenvalue weighted by Crippen LogP contribution is 2.32. The largest absolute Gasteiger partial charge is 0.392 e. The summed E-state index contributed by atoms with van der Waals surface area (Å²) in [4.78, 5) is 15.3. The molecule has 0 unspecified atom stereocenters. The minimum Gasteiger partial charge on any atom is -0.392 e. The maximum atomic E-state index is 11.3. The molecule has 7 nitrogen and oxygen atoms in total. The Morgan fingerprint density at radius 2 is 2.17 bits per heavy atom. The number of benzene rings is 1. The summed E-state index contributed by atoms with van der Waals surface area (Å²) in [7, 11) is 0. The number of rotatable bonds is 4. The van der Waals surface area contributed by atoms with Gasteiger partial charge >= 0.3 is 0 Å². The Labute approximate surface area is 141 Å². The number of nitro groups is 1. The second kappa shape index (κ2) is 7.16. The molecule has 7 heteroatoms. The molecule has 0 aromatic heterocycles. The van der Waals surface area contributed by atoms with E-state index in [2.05, 4.69) is 11.0 Å². The van der Waals surface area contributed by atoms with E-state index >= 15 is 0 Å². The fourth-order valence-electron chi connectivity index (χ4n) is 3.78. The second-order valence-corrected chi connectivity index (χ2v) is 6.73. The summed E-state index contributed by atoms with van der Waals surface area (Å²) in [6.07, 6.45) is 2.67. The number of β-amino-alcohol motifs (C(OH)–C–C–N with tert-alkyl or cyclic N) is 1. The van der Waals surface area contributed by atoms with Crippen LogP contribution in [0.3, 0.4) is 0 Å². The van der Waals surface area contributed by atoms with Gasteiger partial charge in [-0.3, -0.25) is 10.1 Å². The zero-order chi connectivity index (χ0) is 17.1. The molecule has 2 saturated heterocycles. The van der Waals surface area contributed by atoms with Crippen LogP contribution in [0.5, 0.6) is 0 Å². The van der Waals surface area contributed by atoms with Crippen LogP contribution < -0.4 is 4.90 Å². The third-order valence-electron chi connectivity index (χ3n) is 4.92. The molecule has 1 aromatic rings. The van der Waals surface area contributed by atoms with Gasteiger partial charge in [-0.1, -0.05) is 0 Å². The van der Waals surface area contributed by atoms with E-state index < -0.39 is 0 Å². The summed E-state index contributed by atoms with van der Waals surface area (Å²) in [6, 6.07) is 6.61. The predicted molar refractivity (Wildman–Crippen MR) is 89.8 cm³/mol. The van der Waals surface area contributed by atoms with Crippen molar-refractivity contribution in [3.05, 3.63) is 33.9 Å². The van der Waals surface area contributed by atoms with Gasteiger partial charge in [0.1, 0.15) is 5.69 Å². The highest BCUT2D eigenvalue weighted by molar-refractivity contribution is 5.66. The molecule has 128 valence electrons. The molecule has 0 radical (unpaired) electrons. The van der Waals surface area contributed by atoms with Crippen LogP contribution >= 0.6 is 0 Å². The maximum Gasteiger partial charge on any atom is 0.292 e. The van der Waals surface area contributed by atoms with Crippen molar-refractivity contribution in [3.8, 4) is 6.07 Å². The van der Waals surface area contributed by atoms with E-state index in [0.29, 0.717) is 17.2 Å². The van der Waals surface area contributed by atoms with Crippen molar-refractivity contribution >= 4 is 11.4 Å². The van der Waals surface area contributed by atoms with Crippen molar-refractivity contribution < 1.29 is 10.0 Å². The monoisotopic (exact) mass is 330 g/mol. The molecule has 2 aliphatic heterocycles. The standard InChI is InChI=1S/C17H22N4O3/c18-9-13-3-4-16(21(23)24)17(8-13)20-6-1-2-14(11-20)10-19-7-5-15(22)12-19/h3-4,8,14-15,22H,1-2,5-7,10-12H2/t14-,15+/m0/s1. The topological polar surface area (TPSA) is 93.6 Å². The van der Waals surface area contributed by atoms with Crippen LogP contribution in [0.1, 0.15) is 24.8 Å². The lowest BCUT2D eigenvalue weighted by atomic mass is 9.96. The van der Waals surface area contributed by atoms with Gasteiger partial charge in [-0.25, -0.2) is 0 Å². The zero-order valence-electron chi connectivity index (χ0n) is 13.6. The van der Waals surface area contributed by atoms with Crippen molar-refractivity contribution in [3.63, 3.8) is 0 Å². The minimum atomic E-state index is -0.378. The zero-order valence-corrected chi connectivity index (χ0v) is 13.6. The lowest BCUT2D eigenvalue weighted by Crippen LogP contribution is -2.41. The summed E-state index contributed by atoms with van der Waals surface area (Å²) in [5.41, 5.74) is 1.05. The quantitative estimate of drug-likeness (QED) is 0.668. The first-order valence-corrected chi connectivity index (χ1v) is 8.40. The van der Waals surface area contributed by atoms with Crippen LogP contribution in [0.2, 0.25) is 0 Å². The summed E-state index contributed by atoms with van der Waals surface area (Å²) in [5.74, 6) is 0.425. The molecule has 0 saturated carbocycles. The van der Waals surface area contributed by atoms with Crippen LogP contribution in [0.25, 0.3) is 0 Å². The predicted octanol–water partition coefficient (Wildman–Crippen LogP) is 1.75. The average molecular weight is 330 g/mol. The van der Waals surface area contributed by atoms with Crippen LogP contribution in [0, 0.1) is 27.4 Å². The number of piperidine rings is 1. The molecule has 0 bridgehead atoms. The number of hydrogen-bond donors (Lipinski definition) is 1. The van der Waals surface area contributed by atoms with Gasteiger partial charge in [-0.2, -0.15) is 5.26 Å². The second-order valence-electron chi connectivity index (χ2n) is 6.73. The van der Waals surface area contributed by atoms with E-state index in [0.717, 1.165) is 52.0 Å². The Morgan fingerprint density at radius 1 is 1.33 bits per heavy atom. The fourth-order valence-corrected chi connectivity index (χ4v) is 3.78. The van der Waals surface area contributed by atoms with Gasteiger partial charge in [0.2, 0.25) is 0 Å². The number of aliphatic hydroxyl groups is 1. The summed E-state index contributed by atoms with van der Waals surface area (Å²) < 4.78 is 0. The molecule has 0 spiro atoms. The molecule has 3 rings (SSSR count). The first-order chi connectivity index (χ1) is 11.6. The number of hydrogen-bond acceptors (Lipinski definition) is 6. The van der Waals surface area contributed by atoms with Crippen LogP contribution in [0.4, 0.5) is 11.4 Å². The van der Waals surface area contributed by atoms with Crippen molar-refractivity contribution in [1.29, 1.82) is 5.26 Å². The molecular formula is C17H22N4O3. The van der Waals surface area contributed by atoms with Gasteiger partial charge in [0.25, 0.3) is 5.69 Å². The van der Waals surface area contributed by atoms with Gasteiger partial charge in [0, 0.05) is 38.8 Å². The molecule has 1 N–H and O–H groups in total. The maximum absolute atomic E-state index is 11.3. The van der Waals surface area contributed by atoms with Gasteiger partial charge in [-0.05, 0) is 37.3 Å². The summed E-state index contributed by atoms with van der Waals surface area (Å²) in [5, 5.41) is 30.1. The highest BCUT2D eigenvalue weighted by Gasteiger charge is 2.29. The fraction of sp³-hybridized carbons (Fsp3) is 0.588. The van der Waals surface area contributed by atoms with Gasteiger partial charge < -0.3 is 14.9 Å². The Morgan fingerprint density at radius 3 is 2.83 bits per heavy atom. The van der Waals surface area contributed by atoms with E-state index in [-0.39, 0.29) is 16.7 Å². The van der Waals surface area contributed by atoms with Crippen molar-refractivity contribution in [2.45, 2.75) is 25.4 Å². The van der Waals surface area contributed by atoms with Crippen molar-refractivity contribution in [1.82, 2.24) is 4.90 Å². The third-order valence-corrected chi connectivity index (χ3v) is 4.92. The minimum absolute atomic E-state index is 0.0613. The van der Waals surface area contributed by atoms with Crippen LogP contribution in [0.15, 0.2) is 18.2 Å². The number of aliphatic hydroxyl groups excluding tert-OH is 1. The van der Waals surface area contributed by atoms with Crippen molar-refractivity contribution in [2.75, 3.05) is 37.6 Å². The van der Waals surface area contributed by atoms with Crippen LogP contribution in [-0.2, 0) is 0 Å². The molecule has 1 aromatic carbocycles. The van der Waals surface area contributed by atoms with E-state index in [9.17, 15) is 15.2 Å². The molecular weight excluding hydrogens is 308 g/mol. The molecule has 2 aliphatic rings. The van der Waals surface area contributed by atoms with E-state index in [1.165, 1.54) is 12.1 Å². The molecule has 0 amide bonds. The SMILES string of the molecule is N#Cc1ccc([N+](=O)[O-])c(N2CCC[C@@H](CN3CC[C@@H](O)C3)C2)c1. The van der Waals surface area contributed by atoms with Gasteiger partial charge in [0.05, 0.1) is 22.7 Å². The number of nitriles is 1. The first kappa shape index (κ1) is 16.7. The lowest BCUT2D eigenvalue weighted by molar-refractivity contribution is -0.384. The molecule has 0 aliphatic carbocycles. The summed E-state index contributed by atoms with van der Waals surface area (Å²) in [6.45, 7) is 4.08. The third kappa shape index (κ3) is 3.66. The van der Waals surface area contributed by atoms with Gasteiger partial charge in [-0.15, -0.1) is 0 Å². The summed E-state index contributed by atoms with van der Waals surface area (Å²) >= 11 is 0. The molecule has 24 heavy (non-hydrogen) atoms. The highest BCUT2D eigenvalue weighted by atomic mass is 16.6.